The van der Waals surface area contributed by atoms with E-state index in [9.17, 15) is 9.59 Å². The summed E-state index contributed by atoms with van der Waals surface area (Å²) in [5.74, 6) is 0. The lowest BCUT2D eigenvalue weighted by Crippen LogP contribution is -2.52. The van der Waals surface area contributed by atoms with Crippen molar-refractivity contribution in [2.24, 2.45) is 0 Å². The highest BCUT2D eigenvalue weighted by Gasteiger charge is 2.50. The van der Waals surface area contributed by atoms with Crippen LogP contribution in [0.3, 0.4) is 0 Å². The molecule has 0 radical (unpaired) electrons. The third-order valence-electron chi connectivity index (χ3n) is 5.90. The highest BCUT2D eigenvalue weighted by molar-refractivity contribution is 6.00. The molecule has 2 aromatic carbocycles. The van der Waals surface area contributed by atoms with E-state index in [-0.39, 0.29) is 24.8 Å². The number of nitrogens with one attached hydrogen (secondary N) is 2. The second-order valence-corrected chi connectivity index (χ2v) is 7.85. The number of nitrogens with zero attached hydrogens (tertiary/aromatic N) is 1. The van der Waals surface area contributed by atoms with Crippen LogP contribution in [0.5, 0.6) is 0 Å². The van der Waals surface area contributed by atoms with Gasteiger partial charge in [-0.2, -0.15) is 0 Å². The van der Waals surface area contributed by atoms with Gasteiger partial charge in [-0.05, 0) is 11.5 Å². The van der Waals surface area contributed by atoms with E-state index in [4.69, 9.17) is 18.9 Å². The summed E-state index contributed by atoms with van der Waals surface area (Å²) in [4.78, 5) is 26.7. The van der Waals surface area contributed by atoms with E-state index in [0.29, 0.717) is 38.6 Å². The van der Waals surface area contributed by atoms with E-state index >= 15 is 0 Å². The van der Waals surface area contributed by atoms with Crippen LogP contribution in [0.15, 0.2) is 42.5 Å². The van der Waals surface area contributed by atoms with E-state index in [1.54, 1.807) is 4.90 Å². The largest absolute Gasteiger partial charge is 0.441 e. The Labute approximate surface area is 179 Å². The van der Waals surface area contributed by atoms with Crippen LogP contribution in [0.25, 0.3) is 10.8 Å². The first-order valence-corrected chi connectivity index (χ1v) is 10.5. The van der Waals surface area contributed by atoms with Crippen LogP contribution >= 0.6 is 0 Å². The predicted molar refractivity (Wildman–Crippen MR) is 112 cm³/mol. The SMILES string of the molecule is O=C(Nc1cccc2ccccc12)OC1COC2C(NC(=O)N3CCOCC3)COC12. The summed E-state index contributed by atoms with van der Waals surface area (Å²) < 4.78 is 22.5. The fourth-order valence-corrected chi connectivity index (χ4v) is 4.32. The third-order valence-corrected chi connectivity index (χ3v) is 5.90. The van der Waals surface area contributed by atoms with Gasteiger partial charge in [0.25, 0.3) is 0 Å². The van der Waals surface area contributed by atoms with Crippen LogP contribution < -0.4 is 10.6 Å². The highest BCUT2D eigenvalue weighted by Crippen LogP contribution is 2.30. The zero-order valence-corrected chi connectivity index (χ0v) is 17.0. The maximum atomic E-state index is 12.5. The molecule has 3 fully saturated rings. The van der Waals surface area contributed by atoms with E-state index in [0.717, 1.165) is 10.8 Å². The molecule has 0 spiro atoms. The number of hydrogen-bond donors (Lipinski definition) is 2. The Morgan fingerprint density at radius 1 is 0.968 bits per heavy atom. The molecule has 3 amide bonds. The molecule has 9 heteroatoms. The normalized spacial score (nSPS) is 27.7. The molecule has 0 saturated carbocycles. The van der Waals surface area contributed by atoms with Gasteiger partial charge in [0.1, 0.15) is 12.2 Å². The maximum Gasteiger partial charge on any atom is 0.412 e. The molecule has 0 aliphatic carbocycles. The van der Waals surface area contributed by atoms with Gasteiger partial charge >= 0.3 is 12.1 Å². The van der Waals surface area contributed by atoms with Crippen molar-refractivity contribution in [2.75, 3.05) is 44.8 Å². The number of ether oxygens (including phenoxy) is 4. The number of carbonyl (C=O) groups excluding carboxylic acids is 2. The van der Waals surface area contributed by atoms with Gasteiger partial charge in [-0.1, -0.05) is 36.4 Å². The molecule has 3 saturated heterocycles. The Bertz CT molecular complexity index is 958. The topological polar surface area (TPSA) is 98.4 Å². The molecule has 4 atom stereocenters. The van der Waals surface area contributed by atoms with Gasteiger partial charge in [0, 0.05) is 18.5 Å². The second kappa shape index (κ2) is 8.70. The Kier molecular flexibility index (Phi) is 5.63. The Balaban J connectivity index is 1.17. The monoisotopic (exact) mass is 427 g/mol. The summed E-state index contributed by atoms with van der Waals surface area (Å²) in [6.45, 7) is 2.75. The van der Waals surface area contributed by atoms with Gasteiger partial charge in [0.2, 0.25) is 0 Å². The zero-order valence-electron chi connectivity index (χ0n) is 17.0. The highest BCUT2D eigenvalue weighted by atomic mass is 16.6. The van der Waals surface area contributed by atoms with Crippen molar-refractivity contribution >= 4 is 28.6 Å². The first-order valence-electron chi connectivity index (χ1n) is 10.5. The molecule has 5 rings (SSSR count). The molecular weight excluding hydrogens is 402 g/mol. The third kappa shape index (κ3) is 4.16. The van der Waals surface area contributed by atoms with Crippen LogP contribution in [0.4, 0.5) is 15.3 Å². The summed E-state index contributed by atoms with van der Waals surface area (Å²) >= 11 is 0. The van der Waals surface area contributed by atoms with Crippen LogP contribution in [-0.4, -0.2) is 80.9 Å². The molecule has 2 N–H and O–H groups in total. The van der Waals surface area contributed by atoms with Gasteiger partial charge in [-0.15, -0.1) is 0 Å². The van der Waals surface area contributed by atoms with Crippen LogP contribution in [0.1, 0.15) is 0 Å². The minimum absolute atomic E-state index is 0.154. The number of fused-ring (bicyclic) bond motifs is 2. The molecular formula is C22H25N3O6. The van der Waals surface area contributed by atoms with Crippen LogP contribution in [0, 0.1) is 0 Å². The lowest BCUT2D eigenvalue weighted by molar-refractivity contribution is 0.00852. The average molecular weight is 427 g/mol. The van der Waals surface area contributed by atoms with Gasteiger partial charge < -0.3 is 29.2 Å². The molecule has 164 valence electrons. The van der Waals surface area contributed by atoms with E-state index in [2.05, 4.69) is 10.6 Å². The van der Waals surface area contributed by atoms with Crippen molar-refractivity contribution in [1.29, 1.82) is 0 Å². The van der Waals surface area contributed by atoms with Crippen LogP contribution in [-0.2, 0) is 18.9 Å². The van der Waals surface area contributed by atoms with Crippen molar-refractivity contribution in [3.63, 3.8) is 0 Å². The summed E-state index contributed by atoms with van der Waals surface area (Å²) in [5, 5.41) is 7.76. The summed E-state index contributed by atoms with van der Waals surface area (Å²) in [5.41, 5.74) is 0.682. The Morgan fingerprint density at radius 2 is 1.74 bits per heavy atom. The van der Waals surface area contributed by atoms with Gasteiger partial charge in [0.15, 0.2) is 6.10 Å². The van der Waals surface area contributed by atoms with Crippen molar-refractivity contribution in [3.8, 4) is 0 Å². The number of benzene rings is 2. The molecule has 3 aliphatic heterocycles. The van der Waals surface area contributed by atoms with Crippen LogP contribution in [0.2, 0.25) is 0 Å². The number of rotatable bonds is 3. The van der Waals surface area contributed by atoms with Gasteiger partial charge in [-0.25, -0.2) is 9.59 Å². The molecule has 0 bridgehead atoms. The zero-order chi connectivity index (χ0) is 21.2. The first kappa shape index (κ1) is 20.0. The van der Waals surface area contributed by atoms with Crippen molar-refractivity contribution in [2.45, 2.75) is 24.4 Å². The molecule has 4 unspecified atom stereocenters. The first-order chi connectivity index (χ1) is 15.2. The molecule has 3 heterocycles. The average Bonchev–Trinajstić information content (AvgIpc) is 3.38. The maximum absolute atomic E-state index is 12.5. The second-order valence-electron chi connectivity index (χ2n) is 7.85. The minimum atomic E-state index is -0.560. The van der Waals surface area contributed by atoms with Crippen molar-refractivity contribution in [1.82, 2.24) is 10.2 Å². The summed E-state index contributed by atoms with van der Waals surface area (Å²) in [6, 6.07) is 13.1. The fraction of sp³-hybridized carbons (Fsp3) is 0.455. The number of hydrogen-bond acceptors (Lipinski definition) is 6. The molecule has 31 heavy (non-hydrogen) atoms. The lowest BCUT2D eigenvalue weighted by Gasteiger charge is -2.29. The van der Waals surface area contributed by atoms with E-state index in [1.165, 1.54) is 0 Å². The van der Waals surface area contributed by atoms with Crippen molar-refractivity contribution in [3.05, 3.63) is 42.5 Å². The Hall–Kier alpha value is -2.88. The lowest BCUT2D eigenvalue weighted by atomic mass is 10.1. The summed E-state index contributed by atoms with van der Waals surface area (Å²) in [7, 11) is 0. The number of amides is 3. The summed E-state index contributed by atoms with van der Waals surface area (Å²) in [6.07, 6.45) is -1.85. The quantitative estimate of drug-likeness (QED) is 0.777. The fourth-order valence-electron chi connectivity index (χ4n) is 4.32. The number of morpholine rings is 1. The standard InChI is InChI=1S/C22H25N3O6/c26-21(25-8-10-28-11-9-25)23-17-12-29-20-18(13-30-19(17)20)31-22(27)24-16-7-3-5-14-4-1-2-6-15(14)16/h1-7,17-20H,8-13H2,(H,23,26)(H,24,27). The molecule has 9 nitrogen and oxygen atoms in total. The molecule has 2 aromatic rings. The number of carbonyl (C=O) groups is 2. The van der Waals surface area contributed by atoms with Gasteiger partial charge in [-0.3, -0.25) is 5.32 Å². The number of urea groups is 1. The van der Waals surface area contributed by atoms with E-state index in [1.807, 2.05) is 42.5 Å². The van der Waals surface area contributed by atoms with Gasteiger partial charge in [0.05, 0.1) is 38.2 Å². The predicted octanol–water partition coefficient (Wildman–Crippen LogP) is 1.96. The smallest absolute Gasteiger partial charge is 0.412 e. The van der Waals surface area contributed by atoms with Crippen molar-refractivity contribution < 1.29 is 28.5 Å². The molecule has 0 aromatic heterocycles. The minimum Gasteiger partial charge on any atom is -0.441 e. The van der Waals surface area contributed by atoms with E-state index < -0.39 is 18.3 Å². The Morgan fingerprint density at radius 3 is 2.61 bits per heavy atom. The molecule has 3 aliphatic rings. The number of anilines is 1.